The molecule has 102 valence electrons. The summed E-state index contributed by atoms with van der Waals surface area (Å²) in [5.74, 6) is 1.18. The fourth-order valence-corrected chi connectivity index (χ4v) is 3.80. The fraction of sp³-hybridized carbons (Fsp3) is 0.611. The van der Waals surface area contributed by atoms with E-state index in [1.807, 2.05) is 12.1 Å². The summed E-state index contributed by atoms with van der Waals surface area (Å²) in [5, 5.41) is 0. The smallest absolute Gasteiger partial charge is 0.167 e. The van der Waals surface area contributed by atoms with Gasteiger partial charge in [0.25, 0.3) is 0 Å². The Kier molecular flexibility index (Phi) is 2.68. The van der Waals surface area contributed by atoms with Gasteiger partial charge in [0, 0.05) is 11.5 Å². The van der Waals surface area contributed by atoms with Crippen molar-refractivity contribution in [2.24, 2.45) is 16.7 Å². The van der Waals surface area contributed by atoms with Crippen molar-refractivity contribution in [1.82, 2.24) is 0 Å². The SMILES string of the molecule is CC1(C)C(C(=O)c2ccccc2C2CCC2)C1(C)C. The minimum absolute atomic E-state index is 0.136. The summed E-state index contributed by atoms with van der Waals surface area (Å²) in [6.07, 6.45) is 3.82. The summed E-state index contributed by atoms with van der Waals surface area (Å²) in [4.78, 5) is 12.9. The van der Waals surface area contributed by atoms with Gasteiger partial charge in [-0.15, -0.1) is 0 Å². The van der Waals surface area contributed by atoms with Gasteiger partial charge in [0.05, 0.1) is 0 Å². The van der Waals surface area contributed by atoms with Crippen LogP contribution >= 0.6 is 0 Å². The second-order valence-electron chi connectivity index (χ2n) is 7.46. The third-order valence-electron chi connectivity index (χ3n) is 6.05. The van der Waals surface area contributed by atoms with E-state index < -0.39 is 0 Å². The van der Waals surface area contributed by atoms with Gasteiger partial charge in [0.1, 0.15) is 0 Å². The summed E-state index contributed by atoms with van der Waals surface area (Å²) in [6, 6.07) is 8.30. The molecule has 2 fully saturated rings. The standard InChI is InChI=1S/C18H24O/c1-17(2)16(18(17,3)4)15(19)14-11-6-5-10-13(14)12-8-7-9-12/h5-6,10-12,16H,7-9H2,1-4H3. The molecule has 0 saturated heterocycles. The zero-order chi connectivity index (χ0) is 13.8. The molecule has 0 bridgehead atoms. The molecule has 0 amide bonds. The molecular formula is C18H24O. The maximum Gasteiger partial charge on any atom is 0.167 e. The van der Waals surface area contributed by atoms with Crippen molar-refractivity contribution in [3.8, 4) is 0 Å². The topological polar surface area (TPSA) is 17.1 Å². The van der Waals surface area contributed by atoms with Crippen molar-refractivity contribution in [2.45, 2.75) is 52.9 Å². The molecule has 2 aliphatic carbocycles. The van der Waals surface area contributed by atoms with E-state index in [9.17, 15) is 4.79 Å². The van der Waals surface area contributed by atoms with Gasteiger partial charge in [-0.1, -0.05) is 58.4 Å². The minimum atomic E-state index is 0.136. The Bertz CT molecular complexity index is 506. The van der Waals surface area contributed by atoms with Gasteiger partial charge in [0.2, 0.25) is 0 Å². The van der Waals surface area contributed by atoms with E-state index in [2.05, 4.69) is 39.8 Å². The Balaban J connectivity index is 1.93. The number of ketones is 1. The first kappa shape index (κ1) is 12.9. The van der Waals surface area contributed by atoms with Gasteiger partial charge in [-0.05, 0) is 35.2 Å². The van der Waals surface area contributed by atoms with Crippen molar-refractivity contribution in [2.75, 3.05) is 0 Å². The third kappa shape index (κ3) is 1.70. The maximum absolute atomic E-state index is 12.9. The lowest BCUT2D eigenvalue weighted by molar-refractivity contribution is 0.0943. The van der Waals surface area contributed by atoms with Gasteiger partial charge >= 0.3 is 0 Å². The number of rotatable bonds is 3. The lowest BCUT2D eigenvalue weighted by Crippen LogP contribution is -2.16. The van der Waals surface area contributed by atoms with E-state index in [1.165, 1.54) is 24.8 Å². The highest BCUT2D eigenvalue weighted by molar-refractivity contribution is 6.02. The van der Waals surface area contributed by atoms with Crippen LogP contribution in [0.3, 0.4) is 0 Å². The van der Waals surface area contributed by atoms with Crippen LogP contribution in [0.4, 0.5) is 0 Å². The molecule has 0 radical (unpaired) electrons. The molecule has 0 heterocycles. The molecule has 0 spiro atoms. The first-order chi connectivity index (χ1) is 8.87. The van der Waals surface area contributed by atoms with Crippen LogP contribution < -0.4 is 0 Å². The fourth-order valence-electron chi connectivity index (χ4n) is 3.80. The Labute approximate surface area is 116 Å². The molecule has 2 aliphatic rings. The Morgan fingerprint density at radius 3 is 2.11 bits per heavy atom. The number of carbonyl (C=O) groups is 1. The average molecular weight is 256 g/mol. The highest BCUT2D eigenvalue weighted by Crippen LogP contribution is 2.69. The van der Waals surface area contributed by atoms with Crippen LogP contribution in [0.2, 0.25) is 0 Å². The van der Waals surface area contributed by atoms with Crippen molar-refractivity contribution in [3.63, 3.8) is 0 Å². The molecule has 0 N–H and O–H groups in total. The summed E-state index contributed by atoms with van der Waals surface area (Å²) in [6.45, 7) is 8.89. The lowest BCUT2D eigenvalue weighted by Gasteiger charge is -2.27. The monoisotopic (exact) mass is 256 g/mol. The second-order valence-corrected chi connectivity index (χ2v) is 7.46. The molecule has 1 heteroatoms. The van der Waals surface area contributed by atoms with Crippen LogP contribution in [0.25, 0.3) is 0 Å². The zero-order valence-electron chi connectivity index (χ0n) is 12.5. The van der Waals surface area contributed by atoms with Gasteiger partial charge in [-0.2, -0.15) is 0 Å². The summed E-state index contributed by atoms with van der Waals surface area (Å²) in [5.41, 5.74) is 2.57. The zero-order valence-corrected chi connectivity index (χ0v) is 12.5. The van der Waals surface area contributed by atoms with Gasteiger partial charge in [0.15, 0.2) is 5.78 Å². The molecule has 1 aromatic rings. The highest BCUT2D eigenvalue weighted by atomic mass is 16.1. The van der Waals surface area contributed by atoms with E-state index in [0.29, 0.717) is 11.7 Å². The summed E-state index contributed by atoms with van der Waals surface area (Å²) < 4.78 is 0. The summed E-state index contributed by atoms with van der Waals surface area (Å²) >= 11 is 0. The second kappa shape index (κ2) is 3.94. The molecule has 0 atom stereocenters. The third-order valence-corrected chi connectivity index (χ3v) is 6.05. The van der Waals surface area contributed by atoms with Gasteiger partial charge in [-0.25, -0.2) is 0 Å². The normalized spacial score (nSPS) is 24.8. The van der Waals surface area contributed by atoms with Crippen LogP contribution in [-0.2, 0) is 0 Å². The average Bonchev–Trinajstić information content (AvgIpc) is 2.67. The molecule has 0 unspecified atom stereocenters. The number of hydrogen-bond acceptors (Lipinski definition) is 1. The van der Waals surface area contributed by atoms with Crippen LogP contribution in [0, 0.1) is 16.7 Å². The van der Waals surface area contributed by atoms with Gasteiger partial charge < -0.3 is 0 Å². The van der Waals surface area contributed by atoms with E-state index >= 15 is 0 Å². The highest BCUT2D eigenvalue weighted by Gasteiger charge is 2.68. The molecule has 0 aromatic heterocycles. The predicted octanol–water partition coefficient (Wildman–Crippen LogP) is 4.82. The molecule has 1 nitrogen and oxygen atoms in total. The Morgan fingerprint density at radius 1 is 1.05 bits per heavy atom. The molecule has 3 rings (SSSR count). The number of benzene rings is 1. The van der Waals surface area contributed by atoms with Gasteiger partial charge in [-0.3, -0.25) is 4.79 Å². The number of hydrogen-bond donors (Lipinski definition) is 0. The maximum atomic E-state index is 12.9. The molecule has 19 heavy (non-hydrogen) atoms. The van der Waals surface area contributed by atoms with E-state index in [0.717, 1.165) is 5.56 Å². The lowest BCUT2D eigenvalue weighted by atomic mass is 9.77. The van der Waals surface area contributed by atoms with Crippen molar-refractivity contribution in [3.05, 3.63) is 35.4 Å². The van der Waals surface area contributed by atoms with Crippen LogP contribution in [0.1, 0.15) is 68.8 Å². The van der Waals surface area contributed by atoms with Crippen molar-refractivity contribution >= 4 is 5.78 Å². The predicted molar refractivity (Wildman–Crippen MR) is 78.4 cm³/mol. The Hall–Kier alpha value is -1.11. The molecule has 0 aliphatic heterocycles. The van der Waals surface area contributed by atoms with Crippen LogP contribution in [0.5, 0.6) is 0 Å². The molecular weight excluding hydrogens is 232 g/mol. The largest absolute Gasteiger partial charge is 0.294 e. The van der Waals surface area contributed by atoms with E-state index in [4.69, 9.17) is 0 Å². The Morgan fingerprint density at radius 2 is 1.63 bits per heavy atom. The molecule has 2 saturated carbocycles. The number of carbonyl (C=O) groups excluding carboxylic acids is 1. The quantitative estimate of drug-likeness (QED) is 0.709. The summed E-state index contributed by atoms with van der Waals surface area (Å²) in [7, 11) is 0. The first-order valence-corrected chi connectivity index (χ1v) is 7.50. The van der Waals surface area contributed by atoms with Crippen LogP contribution in [0.15, 0.2) is 24.3 Å². The molecule has 1 aromatic carbocycles. The van der Waals surface area contributed by atoms with E-state index in [-0.39, 0.29) is 16.7 Å². The minimum Gasteiger partial charge on any atom is -0.294 e. The number of Topliss-reactive ketones (excluding diaryl/α,β-unsaturated/α-hetero) is 1. The van der Waals surface area contributed by atoms with Crippen molar-refractivity contribution < 1.29 is 4.79 Å². The first-order valence-electron chi connectivity index (χ1n) is 7.50. The van der Waals surface area contributed by atoms with Crippen molar-refractivity contribution in [1.29, 1.82) is 0 Å². The van der Waals surface area contributed by atoms with Crippen LogP contribution in [-0.4, -0.2) is 5.78 Å². The van der Waals surface area contributed by atoms with E-state index in [1.54, 1.807) is 0 Å².